The fraction of sp³-hybridized carbons (Fsp3) is 0.588. The number of benzene rings is 1. The highest BCUT2D eigenvalue weighted by Gasteiger charge is 2.29. The van der Waals surface area contributed by atoms with Crippen LogP contribution in [0, 0.1) is 5.92 Å². The van der Waals surface area contributed by atoms with Crippen LogP contribution in [-0.2, 0) is 11.2 Å². The van der Waals surface area contributed by atoms with Crippen molar-refractivity contribution in [1.82, 2.24) is 10.6 Å². The highest BCUT2D eigenvalue weighted by molar-refractivity contribution is 5.82. The molecule has 0 spiro atoms. The molecule has 1 aliphatic carbocycles. The average Bonchev–Trinajstić information content (AvgIpc) is 2.48. The molecule has 20 heavy (non-hydrogen) atoms. The van der Waals surface area contributed by atoms with E-state index < -0.39 is 0 Å². The van der Waals surface area contributed by atoms with Crippen molar-refractivity contribution in [2.75, 3.05) is 13.1 Å². The lowest BCUT2D eigenvalue weighted by Gasteiger charge is -2.32. The summed E-state index contributed by atoms with van der Waals surface area (Å²) in [6.07, 6.45) is 4.48. The molecule has 3 nitrogen and oxygen atoms in total. The number of piperidine rings is 1. The molecule has 1 saturated heterocycles. The summed E-state index contributed by atoms with van der Waals surface area (Å²) in [4.78, 5) is 12.2. The topological polar surface area (TPSA) is 41.1 Å². The minimum atomic E-state index is 0.0176. The fourth-order valence-electron chi connectivity index (χ4n) is 3.46. The van der Waals surface area contributed by atoms with Gasteiger partial charge in [0.15, 0.2) is 0 Å². The lowest BCUT2D eigenvalue weighted by molar-refractivity contribution is -0.124. The van der Waals surface area contributed by atoms with Crippen molar-refractivity contribution >= 4 is 5.91 Å². The van der Waals surface area contributed by atoms with Gasteiger partial charge in [0.05, 0.1) is 6.04 Å². The Morgan fingerprint density at radius 1 is 1.40 bits per heavy atom. The van der Waals surface area contributed by atoms with E-state index in [1.165, 1.54) is 24.0 Å². The molecule has 3 unspecified atom stereocenters. The molecule has 1 aromatic rings. The van der Waals surface area contributed by atoms with Crippen LogP contribution in [0.1, 0.15) is 43.2 Å². The normalized spacial score (nSPS) is 28.4. The molecular formula is C17H24N2O. The van der Waals surface area contributed by atoms with Crippen LogP contribution >= 0.6 is 0 Å². The smallest absolute Gasteiger partial charge is 0.237 e. The average molecular weight is 272 g/mol. The second-order valence-corrected chi connectivity index (χ2v) is 6.15. The van der Waals surface area contributed by atoms with Gasteiger partial charge in [-0.25, -0.2) is 0 Å². The third-order valence-electron chi connectivity index (χ3n) is 4.89. The zero-order chi connectivity index (χ0) is 13.9. The maximum atomic E-state index is 12.2. The molecular weight excluding hydrogens is 248 g/mol. The Labute approximate surface area is 121 Å². The van der Waals surface area contributed by atoms with Crippen molar-refractivity contribution < 1.29 is 4.79 Å². The predicted octanol–water partition coefficient (Wildman–Crippen LogP) is 2.22. The lowest BCUT2D eigenvalue weighted by atomic mass is 9.77. The van der Waals surface area contributed by atoms with E-state index in [0.717, 1.165) is 25.9 Å². The van der Waals surface area contributed by atoms with Crippen LogP contribution in [0.3, 0.4) is 0 Å². The third-order valence-corrected chi connectivity index (χ3v) is 4.89. The maximum absolute atomic E-state index is 12.2. The Bertz CT molecular complexity index is 486. The molecule has 1 amide bonds. The van der Waals surface area contributed by atoms with E-state index in [1.807, 2.05) is 0 Å². The van der Waals surface area contributed by atoms with Gasteiger partial charge in [0.25, 0.3) is 0 Å². The number of hydrogen-bond donors (Lipinski definition) is 2. The summed E-state index contributed by atoms with van der Waals surface area (Å²) in [5.41, 5.74) is 2.85. The zero-order valence-electron chi connectivity index (χ0n) is 12.2. The van der Waals surface area contributed by atoms with Crippen LogP contribution in [0.2, 0.25) is 0 Å². The van der Waals surface area contributed by atoms with Crippen molar-refractivity contribution in [3.8, 4) is 0 Å². The summed E-state index contributed by atoms with van der Waals surface area (Å²) in [5.74, 6) is 1.41. The zero-order valence-corrected chi connectivity index (χ0v) is 12.2. The Morgan fingerprint density at radius 3 is 3.05 bits per heavy atom. The first-order valence-electron chi connectivity index (χ1n) is 7.86. The van der Waals surface area contributed by atoms with Gasteiger partial charge in [-0.3, -0.25) is 4.79 Å². The number of nitrogens with one attached hydrogen (secondary N) is 2. The van der Waals surface area contributed by atoms with Crippen LogP contribution in [0.5, 0.6) is 0 Å². The van der Waals surface area contributed by atoms with Crippen LogP contribution in [0.4, 0.5) is 0 Å². The summed E-state index contributed by atoms with van der Waals surface area (Å²) >= 11 is 0. The van der Waals surface area contributed by atoms with Gasteiger partial charge in [0, 0.05) is 12.5 Å². The van der Waals surface area contributed by atoms with Gasteiger partial charge >= 0.3 is 0 Å². The van der Waals surface area contributed by atoms with Crippen molar-refractivity contribution in [3.05, 3.63) is 35.4 Å². The summed E-state index contributed by atoms with van der Waals surface area (Å²) in [6, 6.07) is 8.55. The van der Waals surface area contributed by atoms with Crippen molar-refractivity contribution in [2.45, 2.75) is 44.6 Å². The van der Waals surface area contributed by atoms with Gasteiger partial charge in [-0.2, -0.15) is 0 Å². The number of amides is 1. The lowest BCUT2D eigenvalue weighted by Crippen LogP contribution is -2.49. The minimum Gasteiger partial charge on any atom is -0.354 e. The largest absolute Gasteiger partial charge is 0.354 e. The fourth-order valence-corrected chi connectivity index (χ4v) is 3.46. The molecule has 0 aromatic heterocycles. The molecule has 2 aliphatic rings. The quantitative estimate of drug-likeness (QED) is 0.882. The molecule has 0 saturated carbocycles. The molecule has 3 heteroatoms. The van der Waals surface area contributed by atoms with E-state index in [2.05, 4.69) is 41.8 Å². The van der Waals surface area contributed by atoms with E-state index in [1.54, 1.807) is 0 Å². The van der Waals surface area contributed by atoms with Crippen molar-refractivity contribution in [1.29, 1.82) is 0 Å². The summed E-state index contributed by atoms with van der Waals surface area (Å²) in [5, 5.41) is 6.49. The molecule has 108 valence electrons. The van der Waals surface area contributed by atoms with Crippen LogP contribution in [0.25, 0.3) is 0 Å². The number of carbonyl (C=O) groups is 1. The first kappa shape index (κ1) is 13.6. The minimum absolute atomic E-state index is 0.0176. The summed E-state index contributed by atoms with van der Waals surface area (Å²) < 4.78 is 0. The molecule has 3 rings (SSSR count). The van der Waals surface area contributed by atoms with Gasteiger partial charge in [0.1, 0.15) is 0 Å². The number of carbonyl (C=O) groups excluding carboxylic acids is 1. The Hall–Kier alpha value is -1.35. The molecule has 1 heterocycles. The summed E-state index contributed by atoms with van der Waals surface area (Å²) in [6.45, 7) is 3.98. The Balaban J connectivity index is 1.48. The van der Waals surface area contributed by atoms with E-state index in [9.17, 15) is 4.79 Å². The Morgan fingerprint density at radius 2 is 2.25 bits per heavy atom. The van der Waals surface area contributed by atoms with Crippen LogP contribution in [0.15, 0.2) is 24.3 Å². The first-order chi connectivity index (χ1) is 9.78. The van der Waals surface area contributed by atoms with Crippen LogP contribution < -0.4 is 10.6 Å². The van der Waals surface area contributed by atoms with Gasteiger partial charge in [-0.1, -0.05) is 37.6 Å². The highest BCUT2D eigenvalue weighted by atomic mass is 16.2. The first-order valence-corrected chi connectivity index (χ1v) is 7.86. The van der Waals surface area contributed by atoms with Gasteiger partial charge in [-0.05, 0) is 42.9 Å². The third kappa shape index (κ3) is 2.73. The Kier molecular flexibility index (Phi) is 4.06. The highest BCUT2D eigenvalue weighted by Crippen LogP contribution is 2.34. The van der Waals surface area contributed by atoms with Gasteiger partial charge in [0.2, 0.25) is 5.91 Å². The number of rotatable bonds is 4. The maximum Gasteiger partial charge on any atom is 0.237 e. The van der Waals surface area contributed by atoms with E-state index in [0.29, 0.717) is 11.8 Å². The molecule has 2 N–H and O–H groups in total. The second kappa shape index (κ2) is 5.96. The van der Waals surface area contributed by atoms with Gasteiger partial charge in [-0.15, -0.1) is 0 Å². The number of fused-ring (bicyclic) bond motifs is 1. The van der Waals surface area contributed by atoms with Gasteiger partial charge < -0.3 is 10.6 Å². The monoisotopic (exact) mass is 272 g/mol. The van der Waals surface area contributed by atoms with E-state index >= 15 is 0 Å². The van der Waals surface area contributed by atoms with Crippen molar-refractivity contribution in [2.24, 2.45) is 5.92 Å². The molecule has 1 aliphatic heterocycles. The van der Waals surface area contributed by atoms with E-state index in [-0.39, 0.29) is 11.9 Å². The standard InChI is InChI=1S/C17H24N2O/c1-2-12-7-8-18-16(9-12)17(20)19-11-14-10-13-5-3-4-6-15(13)14/h3-6,12,14,16,18H,2,7-11H2,1H3,(H,19,20). The summed E-state index contributed by atoms with van der Waals surface area (Å²) in [7, 11) is 0. The molecule has 1 fully saturated rings. The molecule has 0 radical (unpaired) electrons. The SMILES string of the molecule is CCC1CCNC(C(=O)NCC2Cc3ccccc32)C1. The van der Waals surface area contributed by atoms with Crippen LogP contribution in [-0.4, -0.2) is 25.0 Å². The molecule has 0 bridgehead atoms. The predicted molar refractivity (Wildman–Crippen MR) is 80.7 cm³/mol. The van der Waals surface area contributed by atoms with Crippen molar-refractivity contribution in [3.63, 3.8) is 0 Å². The number of hydrogen-bond acceptors (Lipinski definition) is 2. The second-order valence-electron chi connectivity index (χ2n) is 6.15. The molecule has 1 aromatic carbocycles. The van der Waals surface area contributed by atoms with E-state index in [4.69, 9.17) is 0 Å². The molecule has 3 atom stereocenters.